The zero-order valence-electron chi connectivity index (χ0n) is 10.3. The summed E-state index contributed by atoms with van der Waals surface area (Å²) in [5.41, 5.74) is 0.426. The maximum atomic E-state index is 12.1. The maximum absolute atomic E-state index is 12.1. The molecule has 0 radical (unpaired) electrons. The average molecular weight is 289 g/mol. The molecule has 0 atom stereocenters. The van der Waals surface area contributed by atoms with Crippen LogP contribution < -0.4 is 10.6 Å². The lowest BCUT2D eigenvalue weighted by Crippen LogP contribution is -2.52. The van der Waals surface area contributed by atoms with Crippen LogP contribution in [-0.2, 0) is 0 Å². The second-order valence-electron chi connectivity index (χ2n) is 4.74. The Morgan fingerprint density at radius 2 is 1.94 bits per heavy atom. The van der Waals surface area contributed by atoms with E-state index in [9.17, 15) is 4.79 Å². The molecule has 0 bridgehead atoms. The molecule has 3 nitrogen and oxygen atoms in total. The third-order valence-corrected chi connectivity index (χ3v) is 3.57. The first-order valence-electron chi connectivity index (χ1n) is 5.88. The highest BCUT2D eigenvalue weighted by molar-refractivity contribution is 6.33. The van der Waals surface area contributed by atoms with Gasteiger partial charge in [0.2, 0.25) is 0 Å². The van der Waals surface area contributed by atoms with Gasteiger partial charge in [0.05, 0.1) is 10.6 Å². The van der Waals surface area contributed by atoms with E-state index in [4.69, 9.17) is 11.6 Å². The predicted molar refractivity (Wildman–Crippen MR) is 76.7 cm³/mol. The van der Waals surface area contributed by atoms with Crippen LogP contribution in [-0.4, -0.2) is 24.5 Å². The van der Waals surface area contributed by atoms with Crippen LogP contribution in [0.4, 0.5) is 0 Å². The van der Waals surface area contributed by atoms with Crippen molar-refractivity contribution in [3.8, 4) is 0 Å². The quantitative estimate of drug-likeness (QED) is 0.878. The number of carbonyl (C=O) groups is 1. The zero-order chi connectivity index (χ0) is 12.3. The molecule has 1 saturated heterocycles. The minimum Gasteiger partial charge on any atom is -0.347 e. The second kappa shape index (κ2) is 6.41. The first-order chi connectivity index (χ1) is 8.11. The summed E-state index contributed by atoms with van der Waals surface area (Å²) in [5, 5.41) is 6.88. The molecule has 0 aliphatic carbocycles. The van der Waals surface area contributed by atoms with E-state index >= 15 is 0 Å². The summed E-state index contributed by atoms with van der Waals surface area (Å²) in [7, 11) is 0. The van der Waals surface area contributed by atoms with Crippen molar-refractivity contribution in [3.63, 3.8) is 0 Å². The lowest BCUT2D eigenvalue weighted by Gasteiger charge is -2.35. The third kappa shape index (κ3) is 3.61. The van der Waals surface area contributed by atoms with Gasteiger partial charge in [-0.05, 0) is 45.0 Å². The van der Waals surface area contributed by atoms with Gasteiger partial charge in [-0.3, -0.25) is 4.79 Å². The molecule has 2 rings (SSSR count). The van der Waals surface area contributed by atoms with Gasteiger partial charge < -0.3 is 10.6 Å². The number of hydrogen-bond donors (Lipinski definition) is 2. The molecule has 0 spiro atoms. The van der Waals surface area contributed by atoms with E-state index in [1.807, 2.05) is 12.1 Å². The number of benzene rings is 1. The smallest absolute Gasteiger partial charge is 0.253 e. The Labute approximate surface area is 119 Å². The Kier molecular flexibility index (Phi) is 5.45. The predicted octanol–water partition coefficient (Wildman–Crippen LogP) is 2.63. The fourth-order valence-electron chi connectivity index (χ4n) is 2.09. The number of nitrogens with one attached hydrogen (secondary N) is 2. The standard InChI is InChI=1S/C13H17ClN2O.ClH/c1-13(6-8-15-9-7-13)16-12(17)10-4-2-3-5-11(10)14;/h2-5,15H,6-9H2,1H3,(H,16,17);1H. The number of carbonyl (C=O) groups excluding carboxylic acids is 1. The van der Waals surface area contributed by atoms with Crippen molar-refractivity contribution in [2.75, 3.05) is 13.1 Å². The van der Waals surface area contributed by atoms with E-state index in [-0.39, 0.29) is 23.9 Å². The molecule has 1 heterocycles. The Morgan fingerprint density at radius 3 is 2.56 bits per heavy atom. The Morgan fingerprint density at radius 1 is 1.33 bits per heavy atom. The SMILES string of the molecule is CC1(NC(=O)c2ccccc2Cl)CCNCC1.Cl. The highest BCUT2D eigenvalue weighted by Gasteiger charge is 2.28. The van der Waals surface area contributed by atoms with Crippen LogP contribution in [0.3, 0.4) is 0 Å². The molecular weight excluding hydrogens is 271 g/mol. The van der Waals surface area contributed by atoms with Crippen molar-refractivity contribution in [1.29, 1.82) is 0 Å². The van der Waals surface area contributed by atoms with Gasteiger partial charge >= 0.3 is 0 Å². The van der Waals surface area contributed by atoms with E-state index in [2.05, 4.69) is 17.6 Å². The third-order valence-electron chi connectivity index (χ3n) is 3.24. The minimum absolute atomic E-state index is 0. The molecule has 1 aliphatic heterocycles. The fraction of sp³-hybridized carbons (Fsp3) is 0.462. The average Bonchev–Trinajstić information content (AvgIpc) is 2.29. The molecule has 5 heteroatoms. The van der Waals surface area contributed by atoms with Crippen molar-refractivity contribution in [2.24, 2.45) is 0 Å². The van der Waals surface area contributed by atoms with E-state index in [1.54, 1.807) is 12.1 Å². The van der Waals surface area contributed by atoms with Gasteiger partial charge in [0, 0.05) is 5.54 Å². The Balaban J connectivity index is 0.00000162. The van der Waals surface area contributed by atoms with E-state index in [0.29, 0.717) is 10.6 Å². The van der Waals surface area contributed by atoms with Gasteiger partial charge in [0.15, 0.2) is 0 Å². The van der Waals surface area contributed by atoms with Crippen molar-refractivity contribution < 1.29 is 4.79 Å². The second-order valence-corrected chi connectivity index (χ2v) is 5.15. The molecule has 2 N–H and O–H groups in total. The first kappa shape index (κ1) is 15.3. The van der Waals surface area contributed by atoms with Crippen LogP contribution in [0.15, 0.2) is 24.3 Å². The van der Waals surface area contributed by atoms with Crippen molar-refractivity contribution in [1.82, 2.24) is 10.6 Å². The summed E-state index contributed by atoms with van der Waals surface area (Å²) in [4.78, 5) is 12.1. The molecule has 1 aliphatic rings. The van der Waals surface area contributed by atoms with Gasteiger partial charge in [-0.25, -0.2) is 0 Å². The first-order valence-corrected chi connectivity index (χ1v) is 6.26. The van der Waals surface area contributed by atoms with Crippen LogP contribution in [0.25, 0.3) is 0 Å². The van der Waals surface area contributed by atoms with Crippen LogP contribution >= 0.6 is 24.0 Å². The Bertz CT molecular complexity index is 417. The minimum atomic E-state index is -0.124. The molecular formula is C13H18Cl2N2O. The highest BCUT2D eigenvalue weighted by atomic mass is 35.5. The van der Waals surface area contributed by atoms with Crippen molar-refractivity contribution in [2.45, 2.75) is 25.3 Å². The number of hydrogen-bond acceptors (Lipinski definition) is 2. The van der Waals surface area contributed by atoms with Crippen LogP contribution in [0.2, 0.25) is 5.02 Å². The molecule has 1 aromatic rings. The number of piperidine rings is 1. The summed E-state index contributed by atoms with van der Waals surface area (Å²) in [6.07, 6.45) is 1.90. The van der Waals surface area contributed by atoms with Crippen LogP contribution in [0.1, 0.15) is 30.1 Å². The van der Waals surface area contributed by atoms with E-state index < -0.39 is 0 Å². The highest BCUT2D eigenvalue weighted by Crippen LogP contribution is 2.20. The van der Waals surface area contributed by atoms with Gasteiger partial charge in [0.25, 0.3) is 5.91 Å². The normalized spacial score (nSPS) is 17.7. The molecule has 1 fully saturated rings. The van der Waals surface area contributed by atoms with Crippen LogP contribution in [0, 0.1) is 0 Å². The van der Waals surface area contributed by atoms with Gasteiger partial charge in [-0.1, -0.05) is 23.7 Å². The summed E-state index contributed by atoms with van der Waals surface area (Å²) < 4.78 is 0. The van der Waals surface area contributed by atoms with E-state index in [1.165, 1.54) is 0 Å². The maximum Gasteiger partial charge on any atom is 0.253 e. The summed E-state index contributed by atoms with van der Waals surface area (Å²) in [6, 6.07) is 7.14. The monoisotopic (exact) mass is 288 g/mol. The molecule has 0 unspecified atom stereocenters. The Hall–Kier alpha value is -0.770. The molecule has 1 aromatic carbocycles. The number of halogens is 2. The fourth-order valence-corrected chi connectivity index (χ4v) is 2.31. The van der Waals surface area contributed by atoms with Crippen LogP contribution in [0.5, 0.6) is 0 Å². The number of amides is 1. The van der Waals surface area contributed by atoms with Crippen molar-refractivity contribution in [3.05, 3.63) is 34.9 Å². The summed E-state index contributed by atoms with van der Waals surface area (Å²) >= 11 is 6.01. The van der Waals surface area contributed by atoms with Gasteiger partial charge in [0.1, 0.15) is 0 Å². The number of rotatable bonds is 2. The van der Waals surface area contributed by atoms with Gasteiger partial charge in [-0.15, -0.1) is 12.4 Å². The molecule has 100 valence electrons. The largest absolute Gasteiger partial charge is 0.347 e. The lowest BCUT2D eigenvalue weighted by atomic mass is 9.90. The topological polar surface area (TPSA) is 41.1 Å². The van der Waals surface area contributed by atoms with Crippen molar-refractivity contribution >= 4 is 29.9 Å². The van der Waals surface area contributed by atoms with E-state index in [0.717, 1.165) is 25.9 Å². The molecule has 0 aromatic heterocycles. The lowest BCUT2D eigenvalue weighted by molar-refractivity contribution is 0.0887. The molecule has 0 saturated carbocycles. The van der Waals surface area contributed by atoms with Gasteiger partial charge in [-0.2, -0.15) is 0 Å². The molecule has 18 heavy (non-hydrogen) atoms. The molecule has 1 amide bonds. The summed E-state index contributed by atoms with van der Waals surface area (Å²) in [5.74, 6) is -0.0833. The zero-order valence-corrected chi connectivity index (χ0v) is 11.9. The summed E-state index contributed by atoms with van der Waals surface area (Å²) in [6.45, 7) is 3.97.